The highest BCUT2D eigenvalue weighted by atomic mass is 32.2. The first-order valence-electron chi connectivity index (χ1n) is 8.08. The van der Waals surface area contributed by atoms with Crippen LogP contribution in [-0.4, -0.2) is 50.6 Å². The van der Waals surface area contributed by atoms with Crippen molar-refractivity contribution in [2.45, 2.75) is 19.3 Å². The first kappa shape index (κ1) is 17.7. The summed E-state index contributed by atoms with van der Waals surface area (Å²) in [5, 5.41) is 6.50. The molecule has 0 aliphatic carbocycles. The SMILES string of the molecule is CN=C(NCCCC(=O)N1CCc2ccccc21)NCCSC. The molecular weight excluding hydrogens is 308 g/mol. The van der Waals surface area contributed by atoms with E-state index in [-0.39, 0.29) is 5.91 Å². The number of hydrogen-bond acceptors (Lipinski definition) is 3. The van der Waals surface area contributed by atoms with Crippen LogP contribution in [-0.2, 0) is 11.2 Å². The fourth-order valence-corrected chi connectivity index (χ4v) is 2.98. The van der Waals surface area contributed by atoms with E-state index in [0.29, 0.717) is 6.42 Å². The molecule has 0 saturated carbocycles. The standard InChI is InChI=1S/C17H26N4OS/c1-18-17(20-11-13-23-2)19-10-5-8-16(22)21-12-9-14-6-3-4-7-15(14)21/h3-4,6-7H,5,8-13H2,1-2H3,(H2,18,19,20). The van der Waals surface area contributed by atoms with E-state index in [1.165, 1.54) is 5.56 Å². The molecule has 0 radical (unpaired) electrons. The van der Waals surface area contributed by atoms with Crippen molar-refractivity contribution >= 4 is 29.3 Å². The van der Waals surface area contributed by atoms with Crippen molar-refractivity contribution in [1.82, 2.24) is 10.6 Å². The number of anilines is 1. The summed E-state index contributed by atoms with van der Waals surface area (Å²) < 4.78 is 0. The van der Waals surface area contributed by atoms with Crippen LogP contribution in [0.25, 0.3) is 0 Å². The molecular formula is C17H26N4OS. The smallest absolute Gasteiger partial charge is 0.227 e. The number of carbonyl (C=O) groups excluding carboxylic acids is 1. The number of nitrogens with one attached hydrogen (secondary N) is 2. The number of nitrogens with zero attached hydrogens (tertiary/aromatic N) is 2. The maximum Gasteiger partial charge on any atom is 0.227 e. The normalized spacial score (nSPS) is 13.8. The highest BCUT2D eigenvalue weighted by Crippen LogP contribution is 2.27. The monoisotopic (exact) mass is 334 g/mol. The number of aliphatic imine (C=N–C) groups is 1. The van der Waals surface area contributed by atoms with Crippen molar-refractivity contribution in [2.75, 3.05) is 43.6 Å². The molecule has 1 aromatic rings. The van der Waals surface area contributed by atoms with Crippen LogP contribution < -0.4 is 15.5 Å². The highest BCUT2D eigenvalue weighted by Gasteiger charge is 2.23. The topological polar surface area (TPSA) is 56.7 Å². The predicted octanol–water partition coefficient (Wildman–Crippen LogP) is 1.88. The Morgan fingerprint density at radius 1 is 1.30 bits per heavy atom. The molecule has 0 saturated heterocycles. The van der Waals surface area contributed by atoms with Crippen LogP contribution in [0.4, 0.5) is 5.69 Å². The summed E-state index contributed by atoms with van der Waals surface area (Å²) in [7, 11) is 1.76. The van der Waals surface area contributed by atoms with E-state index in [4.69, 9.17) is 0 Å². The Labute approximate surface area is 142 Å². The third-order valence-corrected chi connectivity index (χ3v) is 4.48. The second kappa shape index (κ2) is 9.45. The minimum absolute atomic E-state index is 0.210. The minimum atomic E-state index is 0.210. The number of thioether (sulfide) groups is 1. The first-order valence-corrected chi connectivity index (χ1v) is 9.47. The molecule has 23 heavy (non-hydrogen) atoms. The average molecular weight is 334 g/mol. The molecule has 0 unspecified atom stereocenters. The van der Waals surface area contributed by atoms with Gasteiger partial charge in [0.1, 0.15) is 0 Å². The second-order valence-corrected chi connectivity index (χ2v) is 6.43. The van der Waals surface area contributed by atoms with Crippen LogP contribution in [0.2, 0.25) is 0 Å². The van der Waals surface area contributed by atoms with Gasteiger partial charge >= 0.3 is 0 Å². The number of hydrogen-bond donors (Lipinski definition) is 2. The van der Waals surface area contributed by atoms with Gasteiger partial charge in [-0.3, -0.25) is 9.79 Å². The summed E-state index contributed by atoms with van der Waals surface area (Å²) in [5.74, 6) is 2.06. The zero-order valence-electron chi connectivity index (χ0n) is 14.0. The second-order valence-electron chi connectivity index (χ2n) is 5.45. The molecule has 0 aromatic heterocycles. The lowest BCUT2D eigenvalue weighted by atomic mass is 10.2. The van der Waals surface area contributed by atoms with Crippen LogP contribution >= 0.6 is 11.8 Å². The van der Waals surface area contributed by atoms with Crippen molar-refractivity contribution in [3.8, 4) is 0 Å². The maximum absolute atomic E-state index is 12.4. The number of guanidine groups is 1. The summed E-state index contributed by atoms with van der Waals surface area (Å²) in [6, 6.07) is 8.17. The quantitative estimate of drug-likeness (QED) is 0.454. The third-order valence-electron chi connectivity index (χ3n) is 3.87. The number of rotatable bonds is 7. The summed E-state index contributed by atoms with van der Waals surface area (Å²) in [6.45, 7) is 2.45. The van der Waals surface area contributed by atoms with Crippen molar-refractivity contribution in [2.24, 2.45) is 4.99 Å². The van der Waals surface area contributed by atoms with Gasteiger partial charge in [-0.05, 0) is 30.7 Å². The van der Waals surface area contributed by atoms with Crippen LogP contribution in [0, 0.1) is 0 Å². The van der Waals surface area contributed by atoms with E-state index >= 15 is 0 Å². The molecule has 1 amide bonds. The van der Waals surface area contributed by atoms with Crippen LogP contribution in [0.3, 0.4) is 0 Å². The number of benzene rings is 1. The van der Waals surface area contributed by atoms with Gasteiger partial charge in [0.25, 0.3) is 0 Å². The Morgan fingerprint density at radius 3 is 2.87 bits per heavy atom. The Bertz CT molecular complexity index is 547. The lowest BCUT2D eigenvalue weighted by Crippen LogP contribution is -2.39. The van der Waals surface area contributed by atoms with Gasteiger partial charge in [0.2, 0.25) is 5.91 Å². The van der Waals surface area contributed by atoms with Crippen LogP contribution in [0.1, 0.15) is 18.4 Å². The third kappa shape index (κ3) is 5.16. The number of para-hydroxylation sites is 1. The van der Waals surface area contributed by atoms with Crippen molar-refractivity contribution in [1.29, 1.82) is 0 Å². The molecule has 0 atom stereocenters. The summed E-state index contributed by atoms with van der Waals surface area (Å²) in [6.07, 6.45) is 4.41. The molecule has 1 aliphatic heterocycles. The Kier molecular flexibility index (Phi) is 7.26. The van der Waals surface area contributed by atoms with E-state index < -0.39 is 0 Å². The molecule has 0 spiro atoms. The van der Waals surface area contributed by atoms with E-state index in [1.54, 1.807) is 18.8 Å². The molecule has 0 fully saturated rings. The van der Waals surface area contributed by atoms with Crippen LogP contribution in [0.15, 0.2) is 29.3 Å². The molecule has 1 aromatic carbocycles. The van der Waals surface area contributed by atoms with Gasteiger partial charge in [0.05, 0.1) is 0 Å². The average Bonchev–Trinajstić information content (AvgIpc) is 3.01. The summed E-state index contributed by atoms with van der Waals surface area (Å²) in [5.41, 5.74) is 2.36. The van der Waals surface area contributed by atoms with Crippen molar-refractivity contribution < 1.29 is 4.79 Å². The summed E-state index contributed by atoms with van der Waals surface area (Å²) in [4.78, 5) is 18.5. The van der Waals surface area contributed by atoms with E-state index in [2.05, 4.69) is 27.9 Å². The molecule has 0 bridgehead atoms. The van der Waals surface area contributed by atoms with E-state index in [9.17, 15) is 4.79 Å². The molecule has 126 valence electrons. The number of carbonyl (C=O) groups is 1. The molecule has 1 heterocycles. The first-order chi connectivity index (χ1) is 11.3. The lowest BCUT2D eigenvalue weighted by Gasteiger charge is -2.17. The van der Waals surface area contributed by atoms with Gasteiger partial charge in [-0.15, -0.1) is 0 Å². The summed E-state index contributed by atoms with van der Waals surface area (Å²) >= 11 is 1.80. The zero-order valence-corrected chi connectivity index (χ0v) is 14.8. The lowest BCUT2D eigenvalue weighted by molar-refractivity contribution is -0.118. The van der Waals surface area contributed by atoms with Gasteiger partial charge < -0.3 is 15.5 Å². The van der Waals surface area contributed by atoms with Crippen molar-refractivity contribution in [3.05, 3.63) is 29.8 Å². The van der Waals surface area contributed by atoms with E-state index in [1.807, 2.05) is 23.1 Å². The molecule has 5 nitrogen and oxygen atoms in total. The fraction of sp³-hybridized carbons (Fsp3) is 0.529. The fourth-order valence-electron chi connectivity index (χ4n) is 2.67. The number of amides is 1. The maximum atomic E-state index is 12.4. The Morgan fingerprint density at radius 2 is 2.09 bits per heavy atom. The molecule has 2 rings (SSSR count). The van der Waals surface area contributed by atoms with Gasteiger partial charge in [0.15, 0.2) is 5.96 Å². The molecule has 2 N–H and O–H groups in total. The molecule has 1 aliphatic rings. The predicted molar refractivity (Wildman–Crippen MR) is 99.5 cm³/mol. The van der Waals surface area contributed by atoms with Crippen LogP contribution in [0.5, 0.6) is 0 Å². The van der Waals surface area contributed by atoms with E-state index in [0.717, 1.165) is 49.9 Å². The minimum Gasteiger partial charge on any atom is -0.356 e. The Balaban J connectivity index is 1.69. The Hall–Kier alpha value is -1.69. The van der Waals surface area contributed by atoms with Gasteiger partial charge in [-0.1, -0.05) is 18.2 Å². The van der Waals surface area contributed by atoms with Crippen molar-refractivity contribution in [3.63, 3.8) is 0 Å². The largest absolute Gasteiger partial charge is 0.356 e. The van der Waals surface area contributed by atoms with Gasteiger partial charge in [-0.2, -0.15) is 11.8 Å². The zero-order chi connectivity index (χ0) is 16.5. The number of fused-ring (bicyclic) bond motifs is 1. The molecule has 6 heteroatoms. The highest BCUT2D eigenvalue weighted by molar-refractivity contribution is 7.98. The van der Waals surface area contributed by atoms with Gasteiger partial charge in [0, 0.05) is 44.5 Å². The van der Waals surface area contributed by atoms with Gasteiger partial charge in [-0.25, -0.2) is 0 Å².